The standard InChI is InChI=1S/C13H22F3N3/c1-3-7-19(10-13(14,15)16)9-12(8-17,18-4-2)11-5-6-11/h11,18H,3-7,9-10H2,1-2H3. The summed E-state index contributed by atoms with van der Waals surface area (Å²) in [5.74, 6) is 0.185. The van der Waals surface area contributed by atoms with Gasteiger partial charge in [-0.2, -0.15) is 18.4 Å². The van der Waals surface area contributed by atoms with Crippen molar-refractivity contribution in [3.05, 3.63) is 0 Å². The second-order valence-corrected chi connectivity index (χ2v) is 5.21. The Bertz CT molecular complexity index is 320. The van der Waals surface area contributed by atoms with Crippen molar-refractivity contribution < 1.29 is 13.2 Å². The molecule has 1 unspecified atom stereocenters. The molecule has 0 radical (unpaired) electrons. The monoisotopic (exact) mass is 277 g/mol. The van der Waals surface area contributed by atoms with E-state index >= 15 is 0 Å². The predicted octanol–water partition coefficient (Wildman–Crippen LogP) is 2.54. The van der Waals surface area contributed by atoms with Crippen LogP contribution >= 0.6 is 0 Å². The van der Waals surface area contributed by atoms with Gasteiger partial charge < -0.3 is 0 Å². The molecule has 0 amide bonds. The first-order valence-electron chi connectivity index (χ1n) is 6.82. The molecule has 6 heteroatoms. The van der Waals surface area contributed by atoms with Crippen molar-refractivity contribution in [1.82, 2.24) is 10.2 Å². The molecule has 1 fully saturated rings. The second-order valence-electron chi connectivity index (χ2n) is 5.21. The minimum Gasteiger partial charge on any atom is -0.298 e. The van der Waals surface area contributed by atoms with E-state index < -0.39 is 18.3 Å². The molecule has 0 aromatic heterocycles. The zero-order valence-corrected chi connectivity index (χ0v) is 11.6. The van der Waals surface area contributed by atoms with Crippen molar-refractivity contribution in [2.24, 2.45) is 5.92 Å². The lowest BCUT2D eigenvalue weighted by Crippen LogP contribution is -2.55. The molecule has 1 aliphatic rings. The largest absolute Gasteiger partial charge is 0.401 e. The second kappa shape index (κ2) is 6.58. The Balaban J connectivity index is 2.75. The van der Waals surface area contributed by atoms with Gasteiger partial charge in [-0.05, 0) is 38.3 Å². The minimum absolute atomic E-state index is 0.148. The lowest BCUT2D eigenvalue weighted by molar-refractivity contribution is -0.147. The summed E-state index contributed by atoms with van der Waals surface area (Å²) in [6.45, 7) is 3.89. The summed E-state index contributed by atoms with van der Waals surface area (Å²) in [4.78, 5) is 1.35. The van der Waals surface area contributed by atoms with E-state index in [0.717, 1.165) is 12.8 Å². The maximum Gasteiger partial charge on any atom is 0.401 e. The summed E-state index contributed by atoms with van der Waals surface area (Å²) in [7, 11) is 0. The predicted molar refractivity (Wildman–Crippen MR) is 67.5 cm³/mol. The van der Waals surface area contributed by atoms with Gasteiger partial charge in [0.25, 0.3) is 0 Å². The van der Waals surface area contributed by atoms with E-state index in [1.165, 1.54) is 4.90 Å². The van der Waals surface area contributed by atoms with Crippen LogP contribution in [0.15, 0.2) is 0 Å². The number of hydrogen-bond acceptors (Lipinski definition) is 3. The van der Waals surface area contributed by atoms with Gasteiger partial charge in [0.15, 0.2) is 0 Å². The Labute approximate surface area is 112 Å². The first kappa shape index (κ1) is 16.3. The van der Waals surface area contributed by atoms with Crippen molar-refractivity contribution in [3.8, 4) is 6.07 Å². The summed E-state index contributed by atoms with van der Waals surface area (Å²) < 4.78 is 37.7. The topological polar surface area (TPSA) is 39.1 Å². The molecule has 1 N–H and O–H groups in total. The van der Waals surface area contributed by atoms with Gasteiger partial charge in [-0.3, -0.25) is 10.2 Å². The average Bonchev–Trinajstić information content (AvgIpc) is 3.10. The molecular weight excluding hydrogens is 255 g/mol. The molecule has 0 aromatic rings. The first-order chi connectivity index (χ1) is 8.87. The van der Waals surface area contributed by atoms with Crippen molar-refractivity contribution in [2.45, 2.75) is 44.8 Å². The van der Waals surface area contributed by atoms with Crippen molar-refractivity contribution in [1.29, 1.82) is 5.26 Å². The fraction of sp³-hybridized carbons (Fsp3) is 0.923. The Morgan fingerprint density at radius 1 is 1.26 bits per heavy atom. The van der Waals surface area contributed by atoms with Crippen LogP contribution in [0, 0.1) is 17.2 Å². The number of halogens is 3. The highest BCUT2D eigenvalue weighted by Crippen LogP contribution is 2.40. The molecular formula is C13H22F3N3. The number of nitrogens with zero attached hydrogens (tertiary/aromatic N) is 2. The summed E-state index contributed by atoms with van der Waals surface area (Å²) in [6, 6.07) is 2.23. The number of alkyl halides is 3. The molecule has 0 bridgehead atoms. The molecule has 0 aliphatic heterocycles. The molecule has 110 valence electrons. The lowest BCUT2D eigenvalue weighted by Gasteiger charge is -2.34. The van der Waals surface area contributed by atoms with Gasteiger partial charge in [0.1, 0.15) is 5.54 Å². The highest BCUT2D eigenvalue weighted by atomic mass is 19.4. The summed E-state index contributed by atoms with van der Waals surface area (Å²) >= 11 is 0. The van der Waals surface area contributed by atoms with Crippen LogP contribution in [0.2, 0.25) is 0 Å². The Kier molecular flexibility index (Phi) is 5.63. The Morgan fingerprint density at radius 2 is 1.89 bits per heavy atom. The van der Waals surface area contributed by atoms with Crippen molar-refractivity contribution >= 4 is 0 Å². The maximum absolute atomic E-state index is 12.6. The van der Waals surface area contributed by atoms with E-state index in [4.69, 9.17) is 0 Å². The van der Waals surface area contributed by atoms with Crippen LogP contribution in [0.3, 0.4) is 0 Å². The van der Waals surface area contributed by atoms with Crippen LogP contribution in [0.4, 0.5) is 13.2 Å². The zero-order valence-electron chi connectivity index (χ0n) is 11.6. The molecule has 19 heavy (non-hydrogen) atoms. The average molecular weight is 277 g/mol. The molecule has 0 aromatic carbocycles. The van der Waals surface area contributed by atoms with E-state index in [9.17, 15) is 18.4 Å². The van der Waals surface area contributed by atoms with Gasteiger partial charge in [0.2, 0.25) is 0 Å². The third kappa shape index (κ3) is 5.00. The maximum atomic E-state index is 12.6. The number of hydrogen-bond donors (Lipinski definition) is 1. The highest BCUT2D eigenvalue weighted by Gasteiger charge is 2.47. The van der Waals surface area contributed by atoms with Gasteiger partial charge in [-0.15, -0.1) is 0 Å². The third-order valence-electron chi connectivity index (χ3n) is 3.38. The van der Waals surface area contributed by atoms with E-state index in [-0.39, 0.29) is 12.5 Å². The van der Waals surface area contributed by atoms with Crippen molar-refractivity contribution in [3.63, 3.8) is 0 Å². The Hall–Kier alpha value is -0.800. The van der Waals surface area contributed by atoms with E-state index in [0.29, 0.717) is 19.5 Å². The number of nitrogens with one attached hydrogen (secondary N) is 1. The summed E-state index contributed by atoms with van der Waals surface area (Å²) in [6.07, 6.45) is -1.72. The smallest absolute Gasteiger partial charge is 0.298 e. The van der Waals surface area contributed by atoms with Gasteiger partial charge in [-0.1, -0.05) is 13.8 Å². The number of likely N-dealkylation sites (N-methyl/N-ethyl adjacent to an activating group) is 1. The van der Waals surface area contributed by atoms with Crippen LogP contribution in [0.25, 0.3) is 0 Å². The van der Waals surface area contributed by atoms with E-state index in [2.05, 4.69) is 11.4 Å². The number of nitriles is 1. The molecule has 1 saturated carbocycles. The van der Waals surface area contributed by atoms with Crippen LogP contribution in [0.1, 0.15) is 33.1 Å². The number of rotatable bonds is 8. The fourth-order valence-corrected chi connectivity index (χ4v) is 2.52. The van der Waals surface area contributed by atoms with Gasteiger partial charge in [-0.25, -0.2) is 0 Å². The van der Waals surface area contributed by atoms with Crippen molar-refractivity contribution in [2.75, 3.05) is 26.2 Å². The molecule has 1 rings (SSSR count). The van der Waals surface area contributed by atoms with Gasteiger partial charge in [0, 0.05) is 6.54 Å². The van der Waals surface area contributed by atoms with Crippen LogP contribution in [-0.4, -0.2) is 42.8 Å². The molecule has 0 saturated heterocycles. The normalized spacial score (nSPS) is 19.2. The van der Waals surface area contributed by atoms with Gasteiger partial charge >= 0.3 is 6.18 Å². The molecule has 0 spiro atoms. The quantitative estimate of drug-likeness (QED) is 0.741. The lowest BCUT2D eigenvalue weighted by atomic mass is 9.94. The molecule has 0 heterocycles. The van der Waals surface area contributed by atoms with Crippen LogP contribution in [0.5, 0.6) is 0 Å². The van der Waals surface area contributed by atoms with Crippen LogP contribution < -0.4 is 5.32 Å². The minimum atomic E-state index is -4.22. The first-order valence-corrected chi connectivity index (χ1v) is 6.82. The van der Waals surface area contributed by atoms with Gasteiger partial charge in [0.05, 0.1) is 12.6 Å². The Morgan fingerprint density at radius 3 is 2.26 bits per heavy atom. The molecule has 3 nitrogen and oxygen atoms in total. The molecule has 1 atom stereocenters. The fourth-order valence-electron chi connectivity index (χ4n) is 2.52. The van der Waals surface area contributed by atoms with E-state index in [1.54, 1.807) is 0 Å². The molecule has 1 aliphatic carbocycles. The zero-order chi connectivity index (χ0) is 14.5. The third-order valence-corrected chi connectivity index (χ3v) is 3.38. The highest BCUT2D eigenvalue weighted by molar-refractivity contribution is 5.16. The van der Waals surface area contributed by atoms with Crippen LogP contribution in [-0.2, 0) is 0 Å². The van der Waals surface area contributed by atoms with E-state index in [1.807, 2.05) is 13.8 Å². The SMILES string of the molecule is CCCN(CC(F)(F)F)CC(C#N)(NCC)C1CC1. The summed E-state index contributed by atoms with van der Waals surface area (Å²) in [5.41, 5.74) is -0.824. The summed E-state index contributed by atoms with van der Waals surface area (Å²) in [5, 5.41) is 12.5.